The molecule has 1 aliphatic carbocycles. The number of nitrogens with one attached hydrogen (secondary N) is 2. The second-order valence-electron chi connectivity index (χ2n) is 6.43. The maximum absolute atomic E-state index is 13.8. The van der Waals surface area contributed by atoms with Crippen molar-refractivity contribution >= 4 is 23.2 Å². The summed E-state index contributed by atoms with van der Waals surface area (Å²) in [5, 5.41) is 5.50. The molecule has 0 spiro atoms. The normalized spacial score (nSPS) is 13.8. The third kappa shape index (κ3) is 5.24. The number of anilines is 3. The zero-order valence-electron chi connectivity index (χ0n) is 15.8. The molecule has 8 nitrogen and oxygen atoms in total. The number of hydrogen-bond donors (Lipinski definition) is 2. The van der Waals surface area contributed by atoms with Crippen LogP contribution in [0.25, 0.3) is 0 Å². The molecule has 2 aromatic rings. The molecule has 150 valence electrons. The summed E-state index contributed by atoms with van der Waals surface area (Å²) in [6, 6.07) is 2.97. The Bertz CT molecular complexity index is 869. The van der Waals surface area contributed by atoms with Gasteiger partial charge < -0.3 is 20.1 Å². The van der Waals surface area contributed by atoms with Crippen molar-refractivity contribution < 1.29 is 23.0 Å². The fourth-order valence-electron chi connectivity index (χ4n) is 2.30. The molecule has 0 unspecified atom stereocenters. The molecule has 0 atom stereocenters. The van der Waals surface area contributed by atoms with Crippen molar-refractivity contribution in [2.45, 2.75) is 45.6 Å². The molecular weight excluding hydrogens is 372 g/mol. The molecule has 0 aliphatic heterocycles. The fraction of sp³-hybridized carbons (Fsp3) is 0.444. The number of carbonyl (C=O) groups is 1. The minimum atomic E-state index is -3.23. The van der Waals surface area contributed by atoms with Gasteiger partial charge in [-0.3, -0.25) is 4.79 Å². The zero-order chi connectivity index (χ0) is 20.3. The number of rotatable bonds is 8. The van der Waals surface area contributed by atoms with Gasteiger partial charge in [0.25, 0.3) is 0 Å². The van der Waals surface area contributed by atoms with Crippen molar-refractivity contribution in [3.63, 3.8) is 0 Å². The van der Waals surface area contributed by atoms with E-state index in [1.807, 2.05) is 0 Å². The van der Waals surface area contributed by atoms with E-state index in [-0.39, 0.29) is 29.5 Å². The Balaban J connectivity index is 1.95. The Morgan fingerprint density at radius 1 is 1.29 bits per heavy atom. The largest absolute Gasteiger partial charge is 0.490 e. The molecule has 3 rings (SSSR count). The molecule has 0 radical (unpaired) electrons. The van der Waals surface area contributed by atoms with E-state index in [1.54, 1.807) is 6.92 Å². The lowest BCUT2D eigenvalue weighted by atomic mass is 10.3. The zero-order valence-corrected chi connectivity index (χ0v) is 15.8. The van der Waals surface area contributed by atoms with Crippen LogP contribution in [0.15, 0.2) is 18.3 Å². The van der Waals surface area contributed by atoms with Crippen LogP contribution < -0.4 is 20.1 Å². The Kier molecular flexibility index (Phi) is 5.57. The summed E-state index contributed by atoms with van der Waals surface area (Å²) in [7, 11) is 0. The van der Waals surface area contributed by atoms with Gasteiger partial charge in [0.2, 0.25) is 17.6 Å². The first-order valence-corrected chi connectivity index (χ1v) is 8.86. The van der Waals surface area contributed by atoms with Crippen LogP contribution in [0.3, 0.4) is 0 Å². The maximum Gasteiger partial charge on any atom is 0.304 e. The summed E-state index contributed by atoms with van der Waals surface area (Å²) < 4.78 is 38.7. The summed E-state index contributed by atoms with van der Waals surface area (Å²) in [6.07, 6.45) is 3.15. The van der Waals surface area contributed by atoms with Crippen LogP contribution in [0.2, 0.25) is 0 Å². The molecule has 0 saturated heterocycles. The van der Waals surface area contributed by atoms with Gasteiger partial charge in [-0.1, -0.05) is 0 Å². The summed E-state index contributed by atoms with van der Waals surface area (Å²) in [5.74, 6) is -3.33. The Hall–Kier alpha value is -3.04. The van der Waals surface area contributed by atoms with Crippen LogP contribution >= 0.6 is 0 Å². The predicted molar refractivity (Wildman–Crippen MR) is 98.2 cm³/mol. The average molecular weight is 393 g/mol. The summed E-state index contributed by atoms with van der Waals surface area (Å²) >= 11 is 0. The molecule has 28 heavy (non-hydrogen) atoms. The molecule has 1 fully saturated rings. The number of aromatic nitrogens is 3. The first kappa shape index (κ1) is 19.7. The lowest BCUT2D eigenvalue weighted by Crippen LogP contribution is -2.15. The summed E-state index contributed by atoms with van der Waals surface area (Å²) in [5.41, 5.74) is 0.405. The van der Waals surface area contributed by atoms with E-state index in [4.69, 9.17) is 9.47 Å². The Morgan fingerprint density at radius 2 is 2.04 bits per heavy atom. The van der Waals surface area contributed by atoms with Gasteiger partial charge in [-0.25, -0.2) is 9.97 Å². The molecule has 1 saturated carbocycles. The molecule has 1 amide bonds. The number of hydrogen-bond acceptors (Lipinski definition) is 7. The minimum absolute atomic E-state index is 0.00708. The molecule has 0 aromatic carbocycles. The van der Waals surface area contributed by atoms with Gasteiger partial charge >= 0.3 is 5.92 Å². The lowest BCUT2D eigenvalue weighted by Gasteiger charge is -2.16. The average Bonchev–Trinajstić information content (AvgIpc) is 3.40. The highest BCUT2D eigenvalue weighted by molar-refractivity contribution is 5.88. The molecular formula is C18H21F2N5O3. The highest BCUT2D eigenvalue weighted by Crippen LogP contribution is 2.33. The lowest BCUT2D eigenvalue weighted by molar-refractivity contribution is -0.114. The fourth-order valence-corrected chi connectivity index (χ4v) is 2.30. The van der Waals surface area contributed by atoms with Crippen molar-refractivity contribution in [2.24, 2.45) is 0 Å². The van der Waals surface area contributed by atoms with Crippen LogP contribution in [0.1, 0.15) is 39.4 Å². The van der Waals surface area contributed by atoms with E-state index in [2.05, 4.69) is 25.6 Å². The van der Waals surface area contributed by atoms with Gasteiger partial charge in [0.15, 0.2) is 5.75 Å². The van der Waals surface area contributed by atoms with Gasteiger partial charge in [-0.05, 0) is 19.8 Å². The van der Waals surface area contributed by atoms with Gasteiger partial charge in [0, 0.05) is 26.0 Å². The number of carbonyl (C=O) groups excluding carboxylic acids is 1. The second-order valence-corrected chi connectivity index (χ2v) is 6.43. The van der Waals surface area contributed by atoms with Crippen LogP contribution in [-0.4, -0.2) is 33.6 Å². The van der Waals surface area contributed by atoms with Crippen molar-refractivity contribution in [3.8, 4) is 11.6 Å². The van der Waals surface area contributed by atoms with E-state index in [0.29, 0.717) is 18.0 Å². The first-order valence-electron chi connectivity index (χ1n) is 8.86. The number of alkyl halides is 2. The first-order chi connectivity index (χ1) is 13.2. The van der Waals surface area contributed by atoms with E-state index >= 15 is 0 Å². The molecule has 10 heteroatoms. The van der Waals surface area contributed by atoms with Gasteiger partial charge in [-0.15, -0.1) is 0 Å². The molecule has 2 heterocycles. The van der Waals surface area contributed by atoms with Gasteiger partial charge in [-0.2, -0.15) is 13.8 Å². The van der Waals surface area contributed by atoms with Gasteiger partial charge in [0.05, 0.1) is 18.5 Å². The third-order valence-electron chi connectivity index (χ3n) is 3.64. The standard InChI is InChI=1S/C18H21F2N5O3/c1-4-27-13-9-21-14(22-10(2)26)7-12(13)23-15-8-16(28-11-5-6-11)25-17(24-15)18(3,19)20/h7-9,11H,4-6H2,1-3H3,(H2,21,22,23,24,25,26). The minimum Gasteiger partial charge on any atom is -0.490 e. The Labute approximate surface area is 160 Å². The number of ether oxygens (including phenoxy) is 2. The van der Waals surface area contributed by atoms with E-state index in [1.165, 1.54) is 25.3 Å². The van der Waals surface area contributed by atoms with Crippen LogP contribution in [0.4, 0.5) is 26.1 Å². The van der Waals surface area contributed by atoms with E-state index < -0.39 is 11.7 Å². The molecule has 2 aromatic heterocycles. The number of halogens is 2. The summed E-state index contributed by atoms with van der Waals surface area (Å²) in [6.45, 7) is 4.24. The third-order valence-corrected chi connectivity index (χ3v) is 3.64. The van der Waals surface area contributed by atoms with E-state index in [9.17, 15) is 13.6 Å². The van der Waals surface area contributed by atoms with Crippen LogP contribution in [0.5, 0.6) is 11.6 Å². The summed E-state index contributed by atoms with van der Waals surface area (Å²) in [4.78, 5) is 23.1. The smallest absolute Gasteiger partial charge is 0.304 e. The van der Waals surface area contributed by atoms with Gasteiger partial charge in [0.1, 0.15) is 17.7 Å². The van der Waals surface area contributed by atoms with Crippen molar-refractivity contribution in [1.82, 2.24) is 15.0 Å². The Morgan fingerprint density at radius 3 is 2.64 bits per heavy atom. The quantitative estimate of drug-likeness (QED) is 0.707. The number of nitrogens with zero attached hydrogens (tertiary/aromatic N) is 3. The highest BCUT2D eigenvalue weighted by Gasteiger charge is 2.31. The van der Waals surface area contributed by atoms with Crippen molar-refractivity contribution in [2.75, 3.05) is 17.2 Å². The van der Waals surface area contributed by atoms with Crippen molar-refractivity contribution in [3.05, 3.63) is 24.2 Å². The number of amides is 1. The molecule has 0 bridgehead atoms. The van der Waals surface area contributed by atoms with Crippen LogP contribution in [0, 0.1) is 0 Å². The SMILES string of the molecule is CCOc1cnc(NC(C)=O)cc1Nc1cc(OC2CC2)nc(C(C)(F)F)n1. The van der Waals surface area contributed by atoms with Crippen LogP contribution in [-0.2, 0) is 10.7 Å². The number of pyridine rings is 1. The maximum atomic E-state index is 13.8. The second kappa shape index (κ2) is 7.91. The monoisotopic (exact) mass is 393 g/mol. The molecule has 1 aliphatic rings. The van der Waals surface area contributed by atoms with E-state index in [0.717, 1.165) is 19.8 Å². The van der Waals surface area contributed by atoms with Crippen molar-refractivity contribution in [1.29, 1.82) is 0 Å². The highest BCUT2D eigenvalue weighted by atomic mass is 19.3. The topological polar surface area (TPSA) is 98.3 Å². The molecule has 2 N–H and O–H groups in total. The predicted octanol–water partition coefficient (Wildman–Crippen LogP) is 3.63.